The summed E-state index contributed by atoms with van der Waals surface area (Å²) in [7, 11) is -2.06. The molecule has 1 aromatic heterocycles. The second-order valence-corrected chi connectivity index (χ2v) is 7.26. The van der Waals surface area contributed by atoms with Crippen molar-refractivity contribution in [2.45, 2.75) is 38.1 Å². The number of nitrogens with zero attached hydrogens (tertiary/aromatic N) is 3. The predicted octanol–water partition coefficient (Wildman–Crippen LogP) is 0.615. The van der Waals surface area contributed by atoms with E-state index in [1.165, 1.54) is 8.99 Å². The summed E-state index contributed by atoms with van der Waals surface area (Å²) in [6, 6.07) is 0. The van der Waals surface area contributed by atoms with E-state index in [9.17, 15) is 13.2 Å². The Morgan fingerprint density at radius 1 is 1.45 bits per heavy atom. The molecule has 1 N–H and O–H groups in total. The molecule has 20 heavy (non-hydrogen) atoms. The van der Waals surface area contributed by atoms with E-state index in [0.29, 0.717) is 23.9 Å². The van der Waals surface area contributed by atoms with Crippen molar-refractivity contribution in [1.29, 1.82) is 0 Å². The maximum atomic E-state index is 12.6. The number of hydrogen-bond acceptors (Lipinski definition) is 4. The van der Waals surface area contributed by atoms with Crippen LogP contribution in [0.25, 0.3) is 0 Å². The zero-order chi connectivity index (χ0) is 15.1. The highest BCUT2D eigenvalue weighted by atomic mass is 32.2. The molecule has 0 spiro atoms. The van der Waals surface area contributed by atoms with E-state index >= 15 is 0 Å². The van der Waals surface area contributed by atoms with Crippen LogP contribution < -0.4 is 0 Å². The molecule has 0 aromatic carbocycles. The average Bonchev–Trinajstić information content (AvgIpc) is 3.06. The first-order chi connectivity index (χ1) is 9.23. The van der Waals surface area contributed by atoms with Crippen LogP contribution >= 0.6 is 0 Å². The van der Waals surface area contributed by atoms with E-state index in [2.05, 4.69) is 5.10 Å². The first-order valence-corrected chi connectivity index (χ1v) is 7.89. The maximum absolute atomic E-state index is 12.6. The standard InChI is InChI=1S/C12H19N3O4S/c1-8-12(9(2)15(13-8)7-11(16)17)20(18,19)14(3)6-10-4-5-10/h10H,4-7H2,1-3H3,(H,16,17). The number of rotatable bonds is 6. The van der Waals surface area contributed by atoms with Gasteiger partial charge in [-0.2, -0.15) is 5.10 Å². The quantitative estimate of drug-likeness (QED) is 0.831. The van der Waals surface area contributed by atoms with Crippen molar-refractivity contribution < 1.29 is 18.3 Å². The van der Waals surface area contributed by atoms with Crippen molar-refractivity contribution in [3.63, 3.8) is 0 Å². The van der Waals surface area contributed by atoms with Crippen LogP contribution in [0.3, 0.4) is 0 Å². The van der Waals surface area contributed by atoms with Gasteiger partial charge in [-0.1, -0.05) is 0 Å². The van der Waals surface area contributed by atoms with Crippen LogP contribution in [0.5, 0.6) is 0 Å². The number of carboxylic acid groups (broad SMARTS) is 1. The Balaban J connectivity index is 2.35. The number of hydrogen-bond donors (Lipinski definition) is 1. The third-order valence-electron chi connectivity index (χ3n) is 3.48. The molecule has 7 nitrogen and oxygen atoms in total. The van der Waals surface area contributed by atoms with Gasteiger partial charge in [-0.15, -0.1) is 0 Å². The second kappa shape index (κ2) is 5.17. The van der Waals surface area contributed by atoms with E-state index in [1.807, 2.05) is 0 Å². The van der Waals surface area contributed by atoms with Gasteiger partial charge in [-0.05, 0) is 32.6 Å². The second-order valence-electron chi connectivity index (χ2n) is 5.28. The highest BCUT2D eigenvalue weighted by molar-refractivity contribution is 7.89. The van der Waals surface area contributed by atoms with Crippen molar-refractivity contribution in [3.05, 3.63) is 11.4 Å². The van der Waals surface area contributed by atoms with Crippen molar-refractivity contribution >= 4 is 16.0 Å². The molecule has 0 amide bonds. The fraction of sp³-hybridized carbons (Fsp3) is 0.667. The smallest absolute Gasteiger partial charge is 0.325 e. The van der Waals surface area contributed by atoms with Crippen LogP contribution in [0.4, 0.5) is 0 Å². The number of aryl methyl sites for hydroxylation is 1. The highest BCUT2D eigenvalue weighted by Crippen LogP contribution is 2.32. The molecule has 0 radical (unpaired) electrons. The van der Waals surface area contributed by atoms with Gasteiger partial charge in [0, 0.05) is 13.6 Å². The number of sulfonamides is 1. The molecule has 1 aliphatic carbocycles. The topological polar surface area (TPSA) is 92.5 Å². The zero-order valence-corrected chi connectivity index (χ0v) is 12.6. The van der Waals surface area contributed by atoms with E-state index in [0.717, 1.165) is 12.8 Å². The molecule has 2 rings (SSSR count). The lowest BCUT2D eigenvalue weighted by Gasteiger charge is -2.17. The Morgan fingerprint density at radius 3 is 2.55 bits per heavy atom. The highest BCUT2D eigenvalue weighted by Gasteiger charge is 2.33. The third kappa shape index (κ3) is 2.85. The summed E-state index contributed by atoms with van der Waals surface area (Å²) in [6.45, 7) is 3.34. The molecular formula is C12H19N3O4S. The van der Waals surface area contributed by atoms with E-state index < -0.39 is 16.0 Å². The normalized spacial score (nSPS) is 15.8. The van der Waals surface area contributed by atoms with Crippen molar-refractivity contribution in [3.8, 4) is 0 Å². The van der Waals surface area contributed by atoms with Gasteiger partial charge < -0.3 is 5.11 Å². The lowest BCUT2D eigenvalue weighted by atomic mass is 10.4. The molecule has 0 saturated heterocycles. The summed E-state index contributed by atoms with van der Waals surface area (Å²) in [4.78, 5) is 10.9. The Kier molecular flexibility index (Phi) is 3.88. The largest absolute Gasteiger partial charge is 0.480 e. The van der Waals surface area contributed by atoms with Crippen molar-refractivity contribution in [1.82, 2.24) is 14.1 Å². The van der Waals surface area contributed by atoms with Gasteiger partial charge in [0.25, 0.3) is 0 Å². The lowest BCUT2D eigenvalue weighted by molar-refractivity contribution is -0.137. The predicted molar refractivity (Wildman–Crippen MR) is 71.9 cm³/mol. The van der Waals surface area contributed by atoms with E-state index in [4.69, 9.17) is 5.11 Å². The number of aromatic nitrogens is 2. The molecule has 8 heteroatoms. The summed E-state index contributed by atoms with van der Waals surface area (Å²) in [5, 5.41) is 12.8. The number of carbonyl (C=O) groups is 1. The Bertz CT molecular complexity index is 631. The van der Waals surface area contributed by atoms with Gasteiger partial charge in [-0.3, -0.25) is 9.48 Å². The molecule has 0 unspecified atom stereocenters. The maximum Gasteiger partial charge on any atom is 0.325 e. The van der Waals surface area contributed by atoms with Crippen LogP contribution in [0, 0.1) is 19.8 Å². The number of carboxylic acids is 1. The summed E-state index contributed by atoms with van der Waals surface area (Å²) < 4.78 is 27.7. The minimum atomic E-state index is -3.61. The number of aliphatic carboxylic acids is 1. The van der Waals surface area contributed by atoms with Gasteiger partial charge in [0.1, 0.15) is 11.4 Å². The average molecular weight is 301 g/mol. The summed E-state index contributed by atoms with van der Waals surface area (Å²) in [5.41, 5.74) is 0.707. The molecule has 1 saturated carbocycles. The van der Waals surface area contributed by atoms with Crippen LogP contribution in [0.15, 0.2) is 4.90 Å². The minimum Gasteiger partial charge on any atom is -0.480 e. The molecule has 1 fully saturated rings. The molecule has 1 aliphatic rings. The van der Waals surface area contributed by atoms with Gasteiger partial charge in [0.05, 0.1) is 11.4 Å². The Labute approximate surface area is 118 Å². The van der Waals surface area contributed by atoms with Gasteiger partial charge in [0.2, 0.25) is 10.0 Å². The van der Waals surface area contributed by atoms with E-state index in [-0.39, 0.29) is 11.4 Å². The summed E-state index contributed by atoms with van der Waals surface area (Å²) >= 11 is 0. The van der Waals surface area contributed by atoms with Crippen LogP contribution in [0.1, 0.15) is 24.2 Å². The van der Waals surface area contributed by atoms with Crippen molar-refractivity contribution in [2.75, 3.05) is 13.6 Å². The Hall–Kier alpha value is -1.41. The molecule has 1 aromatic rings. The van der Waals surface area contributed by atoms with Gasteiger partial charge in [-0.25, -0.2) is 12.7 Å². The molecular weight excluding hydrogens is 282 g/mol. The fourth-order valence-corrected chi connectivity index (χ4v) is 3.87. The van der Waals surface area contributed by atoms with Crippen LogP contribution in [-0.2, 0) is 21.4 Å². The SMILES string of the molecule is Cc1nn(CC(=O)O)c(C)c1S(=O)(=O)N(C)CC1CC1. The summed E-state index contributed by atoms with van der Waals surface area (Å²) in [5.74, 6) is -0.602. The zero-order valence-electron chi connectivity index (χ0n) is 11.8. The molecule has 1 heterocycles. The summed E-state index contributed by atoms with van der Waals surface area (Å²) in [6.07, 6.45) is 2.13. The minimum absolute atomic E-state index is 0.127. The Morgan fingerprint density at radius 2 is 2.05 bits per heavy atom. The first kappa shape index (κ1) is 15.0. The molecule has 0 bridgehead atoms. The lowest BCUT2D eigenvalue weighted by Crippen LogP contribution is -2.29. The van der Waals surface area contributed by atoms with Gasteiger partial charge >= 0.3 is 5.97 Å². The van der Waals surface area contributed by atoms with Gasteiger partial charge in [0.15, 0.2) is 0 Å². The van der Waals surface area contributed by atoms with Crippen LogP contribution in [-0.4, -0.2) is 47.2 Å². The molecule has 112 valence electrons. The molecule has 0 atom stereocenters. The molecule has 0 aliphatic heterocycles. The van der Waals surface area contributed by atoms with Crippen molar-refractivity contribution in [2.24, 2.45) is 5.92 Å². The van der Waals surface area contributed by atoms with Crippen LogP contribution in [0.2, 0.25) is 0 Å². The first-order valence-electron chi connectivity index (χ1n) is 6.45. The van der Waals surface area contributed by atoms with E-state index in [1.54, 1.807) is 20.9 Å². The fourth-order valence-electron chi connectivity index (χ4n) is 2.25. The monoisotopic (exact) mass is 301 g/mol. The third-order valence-corrected chi connectivity index (χ3v) is 5.56.